The fourth-order valence-electron chi connectivity index (χ4n) is 3.31. The standard InChI is InChI=1S/C17H17ClF5N3O3/c18-12-9(19)3-2-8(13(12)20)14(26-15(27)10-5-24-16(28)25-10)11-4-1-7(6-29-11)17(21,22)23/h2-3,7,10-11,14H,1,4-6H2,(H,26,27)(H2,24,25,28)/t7?,10-,11?,14?/m0/s1. The van der Waals surface area contributed by atoms with Crippen molar-refractivity contribution in [3.05, 3.63) is 34.4 Å². The summed E-state index contributed by atoms with van der Waals surface area (Å²) in [5.74, 6) is -4.54. The van der Waals surface area contributed by atoms with Gasteiger partial charge in [0.25, 0.3) is 0 Å². The Labute approximate surface area is 167 Å². The number of hydrogen-bond acceptors (Lipinski definition) is 3. The van der Waals surface area contributed by atoms with Crippen molar-refractivity contribution in [1.82, 2.24) is 16.0 Å². The summed E-state index contributed by atoms with van der Waals surface area (Å²) in [5.41, 5.74) is -0.225. The maximum Gasteiger partial charge on any atom is 0.394 e. The smallest absolute Gasteiger partial charge is 0.375 e. The third kappa shape index (κ3) is 4.72. The highest BCUT2D eigenvalue weighted by Crippen LogP contribution is 2.38. The second-order valence-electron chi connectivity index (χ2n) is 6.85. The summed E-state index contributed by atoms with van der Waals surface area (Å²) in [6.07, 6.45) is -5.84. The Balaban J connectivity index is 1.83. The van der Waals surface area contributed by atoms with E-state index in [-0.39, 0.29) is 24.9 Å². The largest absolute Gasteiger partial charge is 0.394 e. The Morgan fingerprint density at radius 2 is 2.00 bits per heavy atom. The van der Waals surface area contributed by atoms with E-state index in [0.29, 0.717) is 0 Å². The summed E-state index contributed by atoms with van der Waals surface area (Å²) in [4.78, 5) is 23.7. The minimum Gasteiger partial charge on any atom is -0.375 e. The number of halogens is 6. The highest BCUT2D eigenvalue weighted by Gasteiger charge is 2.44. The predicted octanol–water partition coefficient (Wildman–Crippen LogP) is 2.81. The zero-order valence-corrected chi connectivity index (χ0v) is 15.5. The van der Waals surface area contributed by atoms with Crippen LogP contribution in [-0.4, -0.2) is 43.4 Å². The van der Waals surface area contributed by atoms with Crippen molar-refractivity contribution in [3.8, 4) is 0 Å². The molecule has 0 bridgehead atoms. The fraction of sp³-hybridized carbons (Fsp3) is 0.529. The zero-order chi connectivity index (χ0) is 21.3. The van der Waals surface area contributed by atoms with Gasteiger partial charge in [0, 0.05) is 12.1 Å². The Morgan fingerprint density at radius 1 is 1.28 bits per heavy atom. The van der Waals surface area contributed by atoms with Crippen LogP contribution in [0.4, 0.5) is 26.7 Å². The van der Waals surface area contributed by atoms with Crippen LogP contribution in [0.3, 0.4) is 0 Å². The van der Waals surface area contributed by atoms with E-state index in [1.54, 1.807) is 0 Å². The summed E-state index contributed by atoms with van der Waals surface area (Å²) < 4.78 is 72.1. The Kier molecular flexibility index (Phi) is 6.18. The van der Waals surface area contributed by atoms with E-state index in [0.717, 1.165) is 12.1 Å². The van der Waals surface area contributed by atoms with Gasteiger partial charge in [-0.15, -0.1) is 0 Å². The van der Waals surface area contributed by atoms with Gasteiger partial charge in [-0.3, -0.25) is 4.79 Å². The quantitative estimate of drug-likeness (QED) is 0.496. The predicted molar refractivity (Wildman–Crippen MR) is 91.1 cm³/mol. The van der Waals surface area contributed by atoms with Crippen molar-refractivity contribution in [2.75, 3.05) is 13.2 Å². The Bertz CT molecular complexity index is 799. The van der Waals surface area contributed by atoms with Crippen LogP contribution < -0.4 is 16.0 Å². The van der Waals surface area contributed by atoms with Crippen LogP contribution in [0.25, 0.3) is 0 Å². The van der Waals surface area contributed by atoms with Crippen molar-refractivity contribution >= 4 is 23.5 Å². The molecule has 1 aromatic rings. The SMILES string of the molecule is O=C1NC[C@@H](C(=O)NC(c2ccc(F)c(Cl)c2F)C2CCC(C(F)(F)F)CO2)N1. The first kappa shape index (κ1) is 21.6. The summed E-state index contributed by atoms with van der Waals surface area (Å²) in [7, 11) is 0. The molecule has 0 spiro atoms. The summed E-state index contributed by atoms with van der Waals surface area (Å²) in [6.45, 7) is -0.676. The van der Waals surface area contributed by atoms with Gasteiger partial charge in [0.2, 0.25) is 5.91 Å². The monoisotopic (exact) mass is 441 g/mol. The number of benzene rings is 1. The van der Waals surface area contributed by atoms with Crippen LogP contribution in [0.15, 0.2) is 12.1 Å². The third-order valence-corrected chi connectivity index (χ3v) is 5.28. The van der Waals surface area contributed by atoms with Gasteiger partial charge < -0.3 is 20.7 Å². The number of amides is 3. The molecular formula is C17H17ClF5N3O3. The fourth-order valence-corrected chi connectivity index (χ4v) is 3.48. The number of alkyl halides is 3. The number of hydrogen-bond donors (Lipinski definition) is 3. The van der Waals surface area contributed by atoms with Gasteiger partial charge in [0.15, 0.2) is 0 Å². The van der Waals surface area contributed by atoms with Crippen molar-refractivity contribution < 1.29 is 36.3 Å². The number of rotatable bonds is 4. The molecule has 6 nitrogen and oxygen atoms in total. The van der Waals surface area contributed by atoms with Crippen molar-refractivity contribution in [2.24, 2.45) is 5.92 Å². The van der Waals surface area contributed by atoms with Gasteiger partial charge in [-0.25, -0.2) is 13.6 Å². The zero-order valence-electron chi connectivity index (χ0n) is 14.8. The van der Waals surface area contributed by atoms with Gasteiger partial charge in [-0.1, -0.05) is 17.7 Å². The molecule has 2 aliphatic heterocycles. The molecule has 0 radical (unpaired) electrons. The number of carbonyl (C=O) groups excluding carboxylic acids is 2. The van der Waals surface area contributed by atoms with E-state index in [2.05, 4.69) is 16.0 Å². The van der Waals surface area contributed by atoms with Crippen molar-refractivity contribution in [2.45, 2.75) is 37.2 Å². The second-order valence-corrected chi connectivity index (χ2v) is 7.22. The van der Waals surface area contributed by atoms with Crippen LogP contribution in [0, 0.1) is 17.6 Å². The van der Waals surface area contributed by atoms with Gasteiger partial charge in [-0.05, 0) is 18.9 Å². The Hall–Kier alpha value is -2.14. The summed E-state index contributed by atoms with van der Waals surface area (Å²) in [6, 6.07) is -0.825. The topological polar surface area (TPSA) is 79.5 Å². The normalized spacial score (nSPS) is 25.9. The average Bonchev–Trinajstić information content (AvgIpc) is 3.11. The molecule has 160 valence electrons. The molecule has 2 fully saturated rings. The molecule has 3 unspecified atom stereocenters. The molecule has 3 rings (SSSR count). The van der Waals surface area contributed by atoms with Crippen LogP contribution in [-0.2, 0) is 9.53 Å². The molecule has 3 N–H and O–H groups in total. The number of urea groups is 1. The lowest BCUT2D eigenvalue weighted by molar-refractivity contribution is -0.210. The van der Waals surface area contributed by atoms with Crippen LogP contribution in [0.1, 0.15) is 24.4 Å². The lowest BCUT2D eigenvalue weighted by Gasteiger charge is -2.35. The van der Waals surface area contributed by atoms with Gasteiger partial charge in [-0.2, -0.15) is 13.2 Å². The average molecular weight is 442 g/mol. The number of carbonyl (C=O) groups is 2. The first-order chi connectivity index (χ1) is 13.6. The molecule has 1 aromatic carbocycles. The van der Waals surface area contributed by atoms with Crippen LogP contribution >= 0.6 is 11.6 Å². The second kappa shape index (κ2) is 8.31. The van der Waals surface area contributed by atoms with Crippen LogP contribution in [0.5, 0.6) is 0 Å². The van der Waals surface area contributed by atoms with Gasteiger partial charge >= 0.3 is 12.2 Å². The third-order valence-electron chi connectivity index (χ3n) is 4.93. The molecule has 2 heterocycles. The molecule has 0 saturated carbocycles. The van der Waals surface area contributed by atoms with E-state index < -0.39 is 65.5 Å². The minimum absolute atomic E-state index is 0.0221. The molecule has 0 aliphatic carbocycles. The highest BCUT2D eigenvalue weighted by molar-refractivity contribution is 6.31. The molecule has 2 aliphatic rings. The molecule has 0 aromatic heterocycles. The van der Waals surface area contributed by atoms with Crippen LogP contribution in [0.2, 0.25) is 5.02 Å². The molecule has 2 saturated heterocycles. The molecule has 12 heteroatoms. The van der Waals surface area contributed by atoms with Crippen molar-refractivity contribution in [3.63, 3.8) is 0 Å². The maximum absolute atomic E-state index is 14.6. The van der Waals surface area contributed by atoms with E-state index in [4.69, 9.17) is 16.3 Å². The molecule has 29 heavy (non-hydrogen) atoms. The van der Waals surface area contributed by atoms with E-state index >= 15 is 0 Å². The minimum atomic E-state index is -4.44. The summed E-state index contributed by atoms with van der Waals surface area (Å²) >= 11 is 5.61. The van der Waals surface area contributed by atoms with Crippen molar-refractivity contribution in [1.29, 1.82) is 0 Å². The van der Waals surface area contributed by atoms with E-state index in [9.17, 15) is 31.5 Å². The first-order valence-electron chi connectivity index (χ1n) is 8.74. The highest BCUT2D eigenvalue weighted by atomic mass is 35.5. The molecule has 4 atom stereocenters. The maximum atomic E-state index is 14.6. The molecule has 3 amide bonds. The molecular weight excluding hydrogens is 425 g/mol. The lowest BCUT2D eigenvalue weighted by atomic mass is 9.90. The number of ether oxygens (including phenoxy) is 1. The lowest BCUT2D eigenvalue weighted by Crippen LogP contribution is -2.49. The van der Waals surface area contributed by atoms with E-state index in [1.807, 2.05) is 0 Å². The summed E-state index contributed by atoms with van der Waals surface area (Å²) in [5, 5.41) is 6.41. The van der Waals surface area contributed by atoms with Gasteiger partial charge in [0.05, 0.1) is 24.7 Å². The van der Waals surface area contributed by atoms with E-state index in [1.165, 1.54) is 0 Å². The van der Waals surface area contributed by atoms with Gasteiger partial charge in [0.1, 0.15) is 22.7 Å². The Morgan fingerprint density at radius 3 is 2.55 bits per heavy atom. The first-order valence-corrected chi connectivity index (χ1v) is 9.12. The number of nitrogens with one attached hydrogen (secondary N) is 3.